The minimum absolute atomic E-state index is 0.101. The largest absolute Gasteiger partial charge is 0.496 e. The number of halogens is 2. The van der Waals surface area contributed by atoms with Crippen LogP contribution in [0.3, 0.4) is 0 Å². The summed E-state index contributed by atoms with van der Waals surface area (Å²) in [7, 11) is 1.83. The molecule has 16 heavy (non-hydrogen) atoms. The van der Waals surface area contributed by atoms with E-state index in [1.165, 1.54) is 12.1 Å². The van der Waals surface area contributed by atoms with Crippen LogP contribution in [0.1, 0.15) is 18.0 Å². The van der Waals surface area contributed by atoms with E-state index in [0.29, 0.717) is 11.6 Å². The van der Waals surface area contributed by atoms with Crippen molar-refractivity contribution in [1.29, 1.82) is 0 Å². The van der Waals surface area contributed by atoms with Crippen molar-refractivity contribution in [3.63, 3.8) is 0 Å². The van der Waals surface area contributed by atoms with Gasteiger partial charge in [-0.15, -0.1) is 0 Å². The molecule has 1 heterocycles. The third kappa shape index (κ3) is 2.20. The van der Waals surface area contributed by atoms with E-state index < -0.39 is 0 Å². The second-order valence-corrected chi connectivity index (χ2v) is 4.04. The summed E-state index contributed by atoms with van der Waals surface area (Å²) in [4.78, 5) is 0. The molecule has 0 saturated carbocycles. The van der Waals surface area contributed by atoms with Crippen molar-refractivity contribution in [2.45, 2.75) is 12.5 Å². The SMILES string of the molecule is CNC(C1=CCCO1)c1ccc(F)cc1Cl. The highest BCUT2D eigenvalue weighted by Crippen LogP contribution is 2.31. The summed E-state index contributed by atoms with van der Waals surface area (Å²) in [6, 6.07) is 4.30. The molecule has 0 spiro atoms. The van der Waals surface area contributed by atoms with Crippen molar-refractivity contribution in [3.8, 4) is 0 Å². The number of ether oxygens (including phenoxy) is 1. The number of nitrogens with one attached hydrogen (secondary N) is 1. The molecule has 0 saturated heterocycles. The minimum atomic E-state index is -0.329. The second-order valence-electron chi connectivity index (χ2n) is 3.63. The average molecular weight is 242 g/mol. The second kappa shape index (κ2) is 4.85. The highest BCUT2D eigenvalue weighted by molar-refractivity contribution is 6.31. The van der Waals surface area contributed by atoms with Crippen molar-refractivity contribution in [2.75, 3.05) is 13.7 Å². The van der Waals surface area contributed by atoms with Crippen LogP contribution in [0, 0.1) is 5.82 Å². The van der Waals surface area contributed by atoms with E-state index in [-0.39, 0.29) is 11.9 Å². The monoisotopic (exact) mass is 241 g/mol. The molecule has 0 radical (unpaired) electrons. The standard InChI is InChI=1S/C12H13ClFNO/c1-15-12(11-3-2-6-16-11)9-5-4-8(14)7-10(9)13/h3-5,7,12,15H,2,6H2,1H3. The fourth-order valence-electron chi connectivity index (χ4n) is 1.82. The van der Waals surface area contributed by atoms with Crippen molar-refractivity contribution in [3.05, 3.63) is 46.4 Å². The van der Waals surface area contributed by atoms with E-state index in [1.807, 2.05) is 13.1 Å². The zero-order valence-electron chi connectivity index (χ0n) is 8.97. The quantitative estimate of drug-likeness (QED) is 0.878. The smallest absolute Gasteiger partial charge is 0.124 e. The molecular formula is C12H13ClFNO. The van der Waals surface area contributed by atoms with Gasteiger partial charge in [0, 0.05) is 11.4 Å². The van der Waals surface area contributed by atoms with Crippen LogP contribution in [0.25, 0.3) is 0 Å². The molecule has 2 nitrogen and oxygen atoms in total. The molecule has 0 aromatic heterocycles. The predicted octanol–water partition coefficient (Wildman–Crippen LogP) is 3.04. The Morgan fingerprint density at radius 3 is 2.88 bits per heavy atom. The lowest BCUT2D eigenvalue weighted by molar-refractivity contribution is 0.218. The summed E-state index contributed by atoms with van der Waals surface area (Å²) in [6.45, 7) is 0.701. The van der Waals surface area contributed by atoms with E-state index in [1.54, 1.807) is 6.07 Å². The zero-order chi connectivity index (χ0) is 11.5. The molecule has 1 unspecified atom stereocenters. The highest BCUT2D eigenvalue weighted by atomic mass is 35.5. The molecule has 1 aromatic carbocycles. The molecule has 2 rings (SSSR count). The lowest BCUT2D eigenvalue weighted by atomic mass is 10.0. The molecular weight excluding hydrogens is 229 g/mol. The van der Waals surface area contributed by atoms with Crippen LogP contribution in [-0.2, 0) is 4.74 Å². The summed E-state index contributed by atoms with van der Waals surface area (Å²) in [5.41, 5.74) is 0.832. The summed E-state index contributed by atoms with van der Waals surface area (Å²) < 4.78 is 18.4. The number of hydrogen-bond donors (Lipinski definition) is 1. The maximum Gasteiger partial charge on any atom is 0.124 e. The van der Waals surface area contributed by atoms with E-state index in [0.717, 1.165) is 17.7 Å². The van der Waals surface area contributed by atoms with Crippen molar-refractivity contribution < 1.29 is 9.13 Å². The molecule has 1 aliphatic rings. The van der Waals surface area contributed by atoms with Crippen molar-refractivity contribution >= 4 is 11.6 Å². The predicted molar refractivity (Wildman–Crippen MR) is 61.9 cm³/mol. The normalized spacial score (nSPS) is 16.8. The molecule has 1 aliphatic heterocycles. The first-order chi connectivity index (χ1) is 7.72. The van der Waals surface area contributed by atoms with Crippen LogP contribution in [0.2, 0.25) is 5.02 Å². The number of rotatable bonds is 3. The van der Waals surface area contributed by atoms with Gasteiger partial charge < -0.3 is 10.1 Å². The van der Waals surface area contributed by atoms with Gasteiger partial charge in [-0.05, 0) is 30.8 Å². The summed E-state index contributed by atoms with van der Waals surface area (Å²) in [5.74, 6) is 0.529. The molecule has 1 N–H and O–H groups in total. The van der Waals surface area contributed by atoms with Crippen molar-refractivity contribution in [1.82, 2.24) is 5.32 Å². The fourth-order valence-corrected chi connectivity index (χ4v) is 2.10. The molecule has 1 atom stereocenters. The Kier molecular flexibility index (Phi) is 3.46. The zero-order valence-corrected chi connectivity index (χ0v) is 9.72. The fraction of sp³-hybridized carbons (Fsp3) is 0.333. The van der Waals surface area contributed by atoms with Crippen LogP contribution in [0.5, 0.6) is 0 Å². The highest BCUT2D eigenvalue weighted by Gasteiger charge is 2.21. The Morgan fingerprint density at radius 2 is 2.31 bits per heavy atom. The molecule has 0 fully saturated rings. The van der Waals surface area contributed by atoms with Gasteiger partial charge in [-0.2, -0.15) is 0 Å². The van der Waals surface area contributed by atoms with Crippen LogP contribution in [0.4, 0.5) is 4.39 Å². The topological polar surface area (TPSA) is 21.3 Å². The molecule has 86 valence electrons. The van der Waals surface area contributed by atoms with Crippen molar-refractivity contribution in [2.24, 2.45) is 0 Å². The Balaban J connectivity index is 2.32. The van der Waals surface area contributed by atoms with Gasteiger partial charge in [-0.25, -0.2) is 4.39 Å². The maximum absolute atomic E-state index is 12.9. The Morgan fingerprint density at radius 1 is 1.50 bits per heavy atom. The average Bonchev–Trinajstić information content (AvgIpc) is 2.75. The van der Waals surface area contributed by atoms with Crippen LogP contribution < -0.4 is 5.32 Å². The number of benzene rings is 1. The van der Waals surface area contributed by atoms with E-state index in [4.69, 9.17) is 16.3 Å². The van der Waals surface area contributed by atoms with Gasteiger partial charge in [-0.1, -0.05) is 17.7 Å². The first kappa shape index (κ1) is 11.4. The number of likely N-dealkylation sites (N-methyl/N-ethyl adjacent to an activating group) is 1. The third-order valence-electron chi connectivity index (χ3n) is 2.58. The Bertz CT molecular complexity index is 419. The van der Waals surface area contributed by atoms with E-state index >= 15 is 0 Å². The molecule has 0 aliphatic carbocycles. The summed E-state index contributed by atoms with van der Waals surface area (Å²) in [6.07, 6.45) is 2.94. The summed E-state index contributed by atoms with van der Waals surface area (Å²) >= 11 is 6.02. The van der Waals surface area contributed by atoms with Gasteiger partial charge in [0.1, 0.15) is 11.6 Å². The van der Waals surface area contributed by atoms with Gasteiger partial charge in [0.2, 0.25) is 0 Å². The van der Waals surface area contributed by atoms with Crippen LogP contribution in [-0.4, -0.2) is 13.7 Å². The summed E-state index contributed by atoms with van der Waals surface area (Å²) in [5, 5.41) is 3.53. The lowest BCUT2D eigenvalue weighted by Gasteiger charge is -2.19. The lowest BCUT2D eigenvalue weighted by Crippen LogP contribution is -2.19. The van der Waals surface area contributed by atoms with Gasteiger partial charge in [0.05, 0.1) is 12.6 Å². The molecule has 4 heteroatoms. The Hall–Kier alpha value is -1.06. The van der Waals surface area contributed by atoms with Crippen LogP contribution >= 0.6 is 11.6 Å². The van der Waals surface area contributed by atoms with Gasteiger partial charge >= 0.3 is 0 Å². The maximum atomic E-state index is 12.9. The minimum Gasteiger partial charge on any atom is -0.496 e. The first-order valence-electron chi connectivity index (χ1n) is 5.17. The number of hydrogen-bond acceptors (Lipinski definition) is 2. The van der Waals surface area contributed by atoms with E-state index in [9.17, 15) is 4.39 Å². The van der Waals surface area contributed by atoms with E-state index in [2.05, 4.69) is 5.32 Å². The molecule has 0 bridgehead atoms. The third-order valence-corrected chi connectivity index (χ3v) is 2.91. The van der Waals surface area contributed by atoms with Gasteiger partial charge in [0.25, 0.3) is 0 Å². The first-order valence-corrected chi connectivity index (χ1v) is 5.55. The van der Waals surface area contributed by atoms with Gasteiger partial charge in [0.15, 0.2) is 0 Å². The molecule has 0 amide bonds. The molecule has 1 aromatic rings. The Labute approximate surface area is 99.1 Å². The van der Waals surface area contributed by atoms with Gasteiger partial charge in [-0.3, -0.25) is 0 Å². The van der Waals surface area contributed by atoms with Crippen LogP contribution in [0.15, 0.2) is 30.0 Å².